The minimum Gasteiger partial charge on any atom is -0.497 e. The Bertz CT molecular complexity index is 796. The molecule has 9 heteroatoms. The zero-order chi connectivity index (χ0) is 17.7. The van der Waals surface area contributed by atoms with E-state index < -0.39 is 22.3 Å². The minimum absolute atomic E-state index is 0.0725. The van der Waals surface area contributed by atoms with Crippen molar-refractivity contribution in [2.75, 3.05) is 12.4 Å². The molecule has 0 bridgehead atoms. The van der Waals surface area contributed by atoms with Crippen LogP contribution in [0.2, 0.25) is 0 Å². The van der Waals surface area contributed by atoms with Gasteiger partial charge in [0, 0.05) is 17.3 Å². The maximum Gasteiger partial charge on any atom is 0.306 e. The van der Waals surface area contributed by atoms with Gasteiger partial charge in [0.05, 0.1) is 12.0 Å². The van der Waals surface area contributed by atoms with Gasteiger partial charge in [0.1, 0.15) is 5.75 Å². The summed E-state index contributed by atoms with van der Waals surface area (Å²) in [5.41, 5.74) is -0.155. The Morgan fingerprint density at radius 2 is 1.92 bits per heavy atom. The number of carbonyl (C=O) groups is 1. The fourth-order valence-corrected chi connectivity index (χ4v) is 2.02. The summed E-state index contributed by atoms with van der Waals surface area (Å²) >= 11 is 4.97. The van der Waals surface area contributed by atoms with Crippen LogP contribution in [-0.4, -0.2) is 23.1 Å². The number of methoxy groups -OCH3 is 1. The standard InChI is InChI=1S/C15H12FN3O4S/c1-23-11-5-2-9(3-6-11)14(20)18-15(24)17-10-4-7-12(16)13(8-10)19(21)22/h2-8H,1H3,(H2,17,18,20,24). The van der Waals surface area contributed by atoms with Crippen LogP contribution >= 0.6 is 12.2 Å². The van der Waals surface area contributed by atoms with Gasteiger partial charge in [-0.25, -0.2) is 0 Å². The van der Waals surface area contributed by atoms with E-state index in [1.807, 2.05) is 0 Å². The zero-order valence-electron chi connectivity index (χ0n) is 12.4. The lowest BCUT2D eigenvalue weighted by Gasteiger charge is -2.10. The van der Waals surface area contributed by atoms with Crippen molar-refractivity contribution in [2.24, 2.45) is 0 Å². The number of rotatable bonds is 4. The molecular weight excluding hydrogens is 337 g/mol. The van der Waals surface area contributed by atoms with Crippen LogP contribution in [0.25, 0.3) is 0 Å². The molecule has 0 aliphatic heterocycles. The molecule has 7 nitrogen and oxygen atoms in total. The van der Waals surface area contributed by atoms with E-state index in [1.165, 1.54) is 13.2 Å². The normalized spacial score (nSPS) is 9.92. The van der Waals surface area contributed by atoms with Crippen molar-refractivity contribution in [3.05, 3.63) is 64.0 Å². The van der Waals surface area contributed by atoms with E-state index in [2.05, 4.69) is 10.6 Å². The summed E-state index contributed by atoms with van der Waals surface area (Å²) in [6, 6.07) is 9.55. The average Bonchev–Trinajstić information content (AvgIpc) is 2.56. The average molecular weight is 349 g/mol. The number of nitrogens with zero attached hydrogens (tertiary/aromatic N) is 1. The van der Waals surface area contributed by atoms with Gasteiger partial charge in [0.15, 0.2) is 5.11 Å². The second-order valence-corrected chi connectivity index (χ2v) is 4.97. The topological polar surface area (TPSA) is 93.5 Å². The molecule has 124 valence electrons. The van der Waals surface area contributed by atoms with Crippen LogP contribution in [0.15, 0.2) is 42.5 Å². The summed E-state index contributed by atoms with van der Waals surface area (Å²) in [4.78, 5) is 21.9. The quantitative estimate of drug-likeness (QED) is 0.501. The highest BCUT2D eigenvalue weighted by Gasteiger charge is 2.15. The predicted molar refractivity (Wildman–Crippen MR) is 89.7 cm³/mol. The number of thiocarbonyl (C=S) groups is 1. The van der Waals surface area contributed by atoms with Crippen LogP contribution in [0.5, 0.6) is 5.75 Å². The molecule has 0 atom stereocenters. The first-order valence-corrected chi connectivity index (χ1v) is 7.02. The maximum atomic E-state index is 13.3. The number of hydrogen-bond donors (Lipinski definition) is 2. The van der Waals surface area contributed by atoms with Crippen molar-refractivity contribution in [1.82, 2.24) is 5.32 Å². The van der Waals surface area contributed by atoms with Crippen molar-refractivity contribution in [2.45, 2.75) is 0 Å². The van der Waals surface area contributed by atoms with Crippen molar-refractivity contribution < 1.29 is 18.8 Å². The second kappa shape index (κ2) is 7.47. The molecule has 24 heavy (non-hydrogen) atoms. The number of nitro groups is 1. The lowest BCUT2D eigenvalue weighted by Crippen LogP contribution is -2.34. The Kier molecular flexibility index (Phi) is 5.38. The maximum absolute atomic E-state index is 13.3. The van der Waals surface area contributed by atoms with Gasteiger partial charge in [-0.05, 0) is 48.6 Å². The molecule has 0 spiro atoms. The van der Waals surface area contributed by atoms with Gasteiger partial charge in [-0.1, -0.05) is 0 Å². The van der Waals surface area contributed by atoms with Gasteiger partial charge >= 0.3 is 5.69 Å². The lowest BCUT2D eigenvalue weighted by molar-refractivity contribution is -0.387. The fraction of sp³-hybridized carbons (Fsp3) is 0.0667. The SMILES string of the molecule is COc1ccc(C(=O)NC(=S)Nc2ccc(F)c([N+](=O)[O-])c2)cc1. The first-order chi connectivity index (χ1) is 11.4. The first-order valence-electron chi connectivity index (χ1n) is 6.61. The van der Waals surface area contributed by atoms with Gasteiger partial charge in [0.25, 0.3) is 5.91 Å². The molecule has 2 aromatic rings. The van der Waals surface area contributed by atoms with Crippen LogP contribution in [0.1, 0.15) is 10.4 Å². The van der Waals surface area contributed by atoms with Crippen LogP contribution in [0.3, 0.4) is 0 Å². The zero-order valence-corrected chi connectivity index (χ0v) is 13.2. The van der Waals surface area contributed by atoms with Crippen molar-refractivity contribution in [3.8, 4) is 5.75 Å². The van der Waals surface area contributed by atoms with Crippen LogP contribution < -0.4 is 15.4 Å². The van der Waals surface area contributed by atoms with E-state index in [0.717, 1.165) is 12.1 Å². The van der Waals surface area contributed by atoms with Gasteiger partial charge in [0.2, 0.25) is 5.82 Å². The largest absolute Gasteiger partial charge is 0.497 e. The van der Waals surface area contributed by atoms with Gasteiger partial charge < -0.3 is 10.1 Å². The summed E-state index contributed by atoms with van der Waals surface area (Å²) in [5, 5.41) is 15.6. The van der Waals surface area contributed by atoms with Gasteiger partial charge in [-0.3, -0.25) is 20.2 Å². The molecule has 0 unspecified atom stereocenters. The van der Waals surface area contributed by atoms with E-state index in [0.29, 0.717) is 11.3 Å². The number of halogens is 1. The number of nitro benzene ring substituents is 1. The molecule has 0 aliphatic carbocycles. The Labute approximate surface area is 141 Å². The number of benzene rings is 2. The highest BCUT2D eigenvalue weighted by molar-refractivity contribution is 7.80. The molecule has 0 heterocycles. The second-order valence-electron chi connectivity index (χ2n) is 4.56. The first kappa shape index (κ1) is 17.3. The summed E-state index contributed by atoms with van der Waals surface area (Å²) in [6.45, 7) is 0. The summed E-state index contributed by atoms with van der Waals surface area (Å²) in [5.74, 6) is -0.823. The Hall–Kier alpha value is -3.07. The van der Waals surface area contributed by atoms with E-state index in [4.69, 9.17) is 17.0 Å². The number of nitrogens with one attached hydrogen (secondary N) is 2. The van der Waals surface area contributed by atoms with E-state index >= 15 is 0 Å². The summed E-state index contributed by atoms with van der Waals surface area (Å²) < 4.78 is 18.3. The third-order valence-corrected chi connectivity index (χ3v) is 3.18. The third-order valence-electron chi connectivity index (χ3n) is 2.98. The molecule has 0 saturated heterocycles. The molecular formula is C15H12FN3O4S. The number of hydrogen-bond acceptors (Lipinski definition) is 5. The minimum atomic E-state index is -0.960. The number of anilines is 1. The van der Waals surface area contributed by atoms with E-state index in [-0.39, 0.29) is 10.8 Å². The fourth-order valence-electron chi connectivity index (χ4n) is 1.81. The number of ether oxygens (including phenoxy) is 1. The van der Waals surface area contributed by atoms with Crippen LogP contribution in [-0.2, 0) is 0 Å². The molecule has 1 amide bonds. The molecule has 2 N–H and O–H groups in total. The summed E-state index contributed by atoms with van der Waals surface area (Å²) in [7, 11) is 1.51. The van der Waals surface area contributed by atoms with Crippen molar-refractivity contribution >= 4 is 34.6 Å². The van der Waals surface area contributed by atoms with Crippen LogP contribution in [0, 0.1) is 15.9 Å². The molecule has 0 fully saturated rings. The predicted octanol–water partition coefficient (Wildman–Crippen LogP) is 2.87. The van der Waals surface area contributed by atoms with Gasteiger partial charge in [-0.2, -0.15) is 4.39 Å². The van der Waals surface area contributed by atoms with E-state index in [9.17, 15) is 19.3 Å². The molecule has 2 aromatic carbocycles. The number of carbonyl (C=O) groups excluding carboxylic acids is 1. The Morgan fingerprint density at radius 3 is 2.50 bits per heavy atom. The lowest BCUT2D eigenvalue weighted by atomic mass is 10.2. The smallest absolute Gasteiger partial charge is 0.306 e. The van der Waals surface area contributed by atoms with Crippen molar-refractivity contribution in [3.63, 3.8) is 0 Å². The highest BCUT2D eigenvalue weighted by Crippen LogP contribution is 2.21. The number of amides is 1. The molecule has 0 aromatic heterocycles. The van der Waals surface area contributed by atoms with Gasteiger partial charge in [-0.15, -0.1) is 0 Å². The van der Waals surface area contributed by atoms with Crippen molar-refractivity contribution in [1.29, 1.82) is 0 Å². The molecule has 0 radical (unpaired) electrons. The Morgan fingerprint density at radius 1 is 1.25 bits per heavy atom. The van der Waals surface area contributed by atoms with Crippen LogP contribution in [0.4, 0.5) is 15.8 Å². The molecule has 0 saturated carbocycles. The third kappa shape index (κ3) is 4.23. The van der Waals surface area contributed by atoms with E-state index in [1.54, 1.807) is 24.3 Å². The monoisotopic (exact) mass is 349 g/mol. The molecule has 2 rings (SSSR count). The molecule has 0 aliphatic rings. The Balaban J connectivity index is 2.03. The summed E-state index contributed by atoms with van der Waals surface area (Å²) in [6.07, 6.45) is 0. The highest BCUT2D eigenvalue weighted by atomic mass is 32.1.